The van der Waals surface area contributed by atoms with Crippen LogP contribution < -0.4 is 5.32 Å². The molecule has 0 aliphatic heterocycles. The van der Waals surface area contributed by atoms with Crippen LogP contribution >= 0.6 is 0 Å². The fourth-order valence-electron chi connectivity index (χ4n) is 2.11. The third-order valence-corrected chi connectivity index (χ3v) is 3.40. The molecule has 1 unspecified atom stereocenters. The Morgan fingerprint density at radius 1 is 0.909 bits per heavy atom. The summed E-state index contributed by atoms with van der Waals surface area (Å²) in [4.78, 5) is 34.8. The van der Waals surface area contributed by atoms with E-state index in [1.165, 1.54) is 6.92 Å². The fourth-order valence-corrected chi connectivity index (χ4v) is 2.11. The van der Waals surface area contributed by atoms with Gasteiger partial charge in [0.1, 0.15) is 19.3 Å². The summed E-state index contributed by atoms with van der Waals surface area (Å²) in [6.45, 7) is 10.9. The summed E-state index contributed by atoms with van der Waals surface area (Å²) in [5.74, 6) is -1.08. The van der Waals surface area contributed by atoms with Gasteiger partial charge < -0.3 is 14.8 Å². The van der Waals surface area contributed by atoms with Gasteiger partial charge >= 0.3 is 11.9 Å². The molecule has 0 spiro atoms. The summed E-state index contributed by atoms with van der Waals surface area (Å²) in [5, 5.41) is 2.55. The Morgan fingerprint density at radius 3 is 1.77 bits per heavy atom. The lowest BCUT2D eigenvalue weighted by Gasteiger charge is -2.20. The molecular weight excluding hydrogens is 286 g/mol. The molecule has 0 saturated heterocycles. The predicted octanol–water partition coefficient (Wildman–Crippen LogP) is 1.92. The number of rotatable bonds is 9. The maximum absolute atomic E-state index is 11.9. The molecule has 0 aliphatic rings. The van der Waals surface area contributed by atoms with Crippen LogP contribution in [-0.4, -0.2) is 37.1 Å². The number of carbonyl (C=O) groups is 3. The summed E-state index contributed by atoms with van der Waals surface area (Å²) in [6, 6.07) is -0.688. The first kappa shape index (κ1) is 20.4. The highest BCUT2D eigenvalue weighted by Gasteiger charge is 2.25. The molecule has 0 radical (unpaired) electrons. The van der Waals surface area contributed by atoms with Crippen molar-refractivity contribution in [1.82, 2.24) is 5.32 Å². The molecular formula is C16H29NO5. The lowest BCUT2D eigenvalue weighted by molar-refractivity contribution is -0.158. The monoisotopic (exact) mass is 315 g/mol. The number of carbonyl (C=O) groups excluding carboxylic acids is 3. The van der Waals surface area contributed by atoms with E-state index in [1.54, 1.807) is 0 Å². The molecule has 128 valence electrons. The summed E-state index contributed by atoms with van der Waals surface area (Å²) >= 11 is 0. The minimum atomic E-state index is -0.688. The van der Waals surface area contributed by atoms with Crippen LogP contribution in [0.4, 0.5) is 0 Å². The Kier molecular flexibility index (Phi) is 9.45. The first-order valence-corrected chi connectivity index (χ1v) is 7.81. The zero-order chi connectivity index (χ0) is 17.3. The van der Waals surface area contributed by atoms with Gasteiger partial charge in [-0.2, -0.15) is 0 Å². The Labute approximate surface area is 132 Å². The maximum Gasteiger partial charge on any atom is 0.329 e. The second-order valence-corrected chi connectivity index (χ2v) is 6.02. The van der Waals surface area contributed by atoms with E-state index < -0.39 is 12.0 Å². The van der Waals surface area contributed by atoms with Gasteiger partial charge in [-0.3, -0.25) is 9.59 Å². The molecule has 6 heteroatoms. The van der Waals surface area contributed by atoms with E-state index in [-0.39, 0.29) is 42.8 Å². The zero-order valence-corrected chi connectivity index (χ0v) is 14.5. The molecule has 0 bridgehead atoms. The topological polar surface area (TPSA) is 81.7 Å². The highest BCUT2D eigenvalue weighted by atomic mass is 16.6. The third kappa shape index (κ3) is 7.43. The van der Waals surface area contributed by atoms with Crippen molar-refractivity contribution in [3.8, 4) is 0 Å². The van der Waals surface area contributed by atoms with Gasteiger partial charge in [-0.05, 0) is 18.3 Å². The number of amides is 1. The molecule has 6 nitrogen and oxygen atoms in total. The fraction of sp³-hybridized carbons (Fsp3) is 0.812. The van der Waals surface area contributed by atoms with Crippen LogP contribution in [0.3, 0.4) is 0 Å². The van der Waals surface area contributed by atoms with Crippen molar-refractivity contribution in [1.29, 1.82) is 0 Å². The van der Waals surface area contributed by atoms with Crippen LogP contribution in [0.2, 0.25) is 0 Å². The lowest BCUT2D eigenvalue weighted by Crippen LogP contribution is -2.44. The Balaban J connectivity index is 4.21. The molecule has 0 aromatic rings. The average molecular weight is 315 g/mol. The molecule has 0 aromatic carbocycles. The number of esters is 2. The molecule has 0 aliphatic carbocycles. The van der Waals surface area contributed by atoms with E-state index in [0.717, 1.165) is 0 Å². The maximum atomic E-state index is 11.9. The smallest absolute Gasteiger partial charge is 0.329 e. The number of hydrogen-bond donors (Lipinski definition) is 1. The van der Waals surface area contributed by atoms with Gasteiger partial charge in [0, 0.05) is 6.92 Å². The zero-order valence-electron chi connectivity index (χ0n) is 14.5. The second kappa shape index (κ2) is 10.2. The van der Waals surface area contributed by atoms with E-state index in [2.05, 4.69) is 5.32 Å². The van der Waals surface area contributed by atoms with Gasteiger partial charge in [-0.15, -0.1) is 0 Å². The van der Waals surface area contributed by atoms with Crippen LogP contribution in [0.1, 0.15) is 48.0 Å². The molecule has 0 rings (SSSR count). The van der Waals surface area contributed by atoms with Gasteiger partial charge in [-0.25, -0.2) is 4.79 Å². The van der Waals surface area contributed by atoms with Crippen molar-refractivity contribution >= 4 is 17.8 Å². The largest absolute Gasteiger partial charge is 0.462 e. The summed E-state index contributed by atoms with van der Waals surface area (Å²) in [6.07, 6.45) is 0.717. The van der Waals surface area contributed by atoms with Crippen molar-refractivity contribution in [2.24, 2.45) is 17.8 Å². The normalized spacial score (nSPS) is 13.6. The number of ether oxygens (including phenoxy) is 2. The minimum absolute atomic E-state index is 0.0120. The first-order chi connectivity index (χ1) is 10.2. The number of nitrogens with one attached hydrogen (secondary N) is 1. The molecule has 2 atom stereocenters. The SMILES string of the molecule is CC[C@H](C(=O)OCCOC(=O)C(NC(C)=O)C(C)C)C(C)C. The van der Waals surface area contributed by atoms with Crippen molar-refractivity contribution in [3.05, 3.63) is 0 Å². The molecule has 0 aromatic heterocycles. The molecule has 0 heterocycles. The second-order valence-electron chi connectivity index (χ2n) is 6.02. The van der Waals surface area contributed by atoms with E-state index in [9.17, 15) is 14.4 Å². The van der Waals surface area contributed by atoms with E-state index in [4.69, 9.17) is 9.47 Å². The highest BCUT2D eigenvalue weighted by molar-refractivity contribution is 5.83. The predicted molar refractivity (Wildman–Crippen MR) is 83.0 cm³/mol. The van der Waals surface area contributed by atoms with E-state index in [0.29, 0.717) is 6.42 Å². The third-order valence-electron chi connectivity index (χ3n) is 3.40. The summed E-state index contributed by atoms with van der Waals surface area (Å²) in [7, 11) is 0. The molecule has 0 saturated carbocycles. The Morgan fingerprint density at radius 2 is 1.41 bits per heavy atom. The van der Waals surface area contributed by atoms with Crippen LogP contribution in [0.25, 0.3) is 0 Å². The number of hydrogen-bond acceptors (Lipinski definition) is 5. The summed E-state index contributed by atoms with van der Waals surface area (Å²) < 4.78 is 10.2. The standard InChI is InChI=1S/C16H29NO5/c1-7-13(10(2)3)15(19)21-8-9-22-16(20)14(11(4)5)17-12(6)18/h10-11,13-14H,7-9H2,1-6H3,(H,17,18)/t13-,14?/m0/s1. The average Bonchev–Trinajstić information content (AvgIpc) is 2.40. The van der Waals surface area contributed by atoms with Gasteiger partial charge in [-0.1, -0.05) is 34.6 Å². The van der Waals surface area contributed by atoms with Crippen molar-refractivity contribution < 1.29 is 23.9 Å². The van der Waals surface area contributed by atoms with Crippen LogP contribution in [0.15, 0.2) is 0 Å². The highest BCUT2D eigenvalue weighted by Crippen LogP contribution is 2.16. The summed E-state index contributed by atoms with van der Waals surface area (Å²) in [5.41, 5.74) is 0. The molecule has 1 amide bonds. The van der Waals surface area contributed by atoms with Crippen LogP contribution in [-0.2, 0) is 23.9 Å². The van der Waals surface area contributed by atoms with Crippen LogP contribution in [0, 0.1) is 17.8 Å². The van der Waals surface area contributed by atoms with Gasteiger partial charge in [0.25, 0.3) is 0 Å². The van der Waals surface area contributed by atoms with Crippen LogP contribution in [0.5, 0.6) is 0 Å². The molecule has 1 N–H and O–H groups in total. The molecule has 0 fully saturated rings. The Hall–Kier alpha value is -1.59. The van der Waals surface area contributed by atoms with Gasteiger partial charge in [0.15, 0.2) is 0 Å². The van der Waals surface area contributed by atoms with Crippen molar-refractivity contribution in [2.75, 3.05) is 13.2 Å². The van der Waals surface area contributed by atoms with Gasteiger partial charge in [0.05, 0.1) is 5.92 Å². The molecule has 22 heavy (non-hydrogen) atoms. The van der Waals surface area contributed by atoms with Crippen molar-refractivity contribution in [3.63, 3.8) is 0 Å². The first-order valence-electron chi connectivity index (χ1n) is 7.81. The van der Waals surface area contributed by atoms with Crippen molar-refractivity contribution in [2.45, 2.75) is 54.0 Å². The van der Waals surface area contributed by atoms with Gasteiger partial charge in [0.2, 0.25) is 5.91 Å². The lowest BCUT2D eigenvalue weighted by atomic mass is 9.94. The van der Waals surface area contributed by atoms with E-state index in [1.807, 2.05) is 34.6 Å². The quantitative estimate of drug-likeness (QED) is 0.519. The Bertz CT molecular complexity index is 379. The minimum Gasteiger partial charge on any atom is -0.462 e. The van der Waals surface area contributed by atoms with E-state index >= 15 is 0 Å².